The normalized spacial score (nSPS) is 11.4. The van der Waals surface area contributed by atoms with Gasteiger partial charge >= 0.3 is 6.18 Å². The summed E-state index contributed by atoms with van der Waals surface area (Å²) in [6.45, 7) is -0.744. The molecule has 3 nitrogen and oxygen atoms in total. The quantitative estimate of drug-likeness (QED) is 0.888. The van der Waals surface area contributed by atoms with Crippen molar-refractivity contribution in [3.05, 3.63) is 39.8 Å². The highest BCUT2D eigenvalue weighted by Gasteiger charge is 2.28. The van der Waals surface area contributed by atoms with Gasteiger partial charge in [-0.25, -0.2) is 4.98 Å². The van der Waals surface area contributed by atoms with Gasteiger partial charge in [-0.3, -0.25) is 0 Å². The molecular weight excluding hydrogens is 313 g/mol. The first-order chi connectivity index (χ1) is 9.42. The Hall–Kier alpha value is -1.47. The molecule has 0 unspecified atom stereocenters. The number of hydrogen-bond acceptors (Lipinski definition) is 4. The maximum atomic E-state index is 12.0. The van der Waals surface area contributed by atoms with Crippen molar-refractivity contribution < 1.29 is 17.9 Å². The Bertz CT molecular complexity index is 557. The zero-order valence-corrected chi connectivity index (χ0v) is 11.6. The average Bonchev–Trinajstić information content (AvgIpc) is 2.80. The summed E-state index contributed by atoms with van der Waals surface area (Å²) in [4.78, 5) is 4.87. The lowest BCUT2D eigenvalue weighted by Gasteiger charge is -2.10. The SMILES string of the molecule is FC(F)(F)COc1ccc(NCc2cnc(Cl)s2)cc1. The molecule has 0 spiro atoms. The molecule has 0 aliphatic carbocycles. The molecule has 8 heteroatoms. The van der Waals surface area contributed by atoms with Crippen molar-refractivity contribution >= 4 is 28.6 Å². The van der Waals surface area contributed by atoms with Crippen molar-refractivity contribution in [2.45, 2.75) is 12.7 Å². The summed E-state index contributed by atoms with van der Waals surface area (Å²) in [7, 11) is 0. The van der Waals surface area contributed by atoms with Crippen LogP contribution in [0.15, 0.2) is 30.5 Å². The minimum Gasteiger partial charge on any atom is -0.484 e. The third-order valence-electron chi connectivity index (χ3n) is 2.25. The number of hydrogen-bond donors (Lipinski definition) is 1. The van der Waals surface area contributed by atoms with E-state index in [0.29, 0.717) is 11.0 Å². The molecule has 20 heavy (non-hydrogen) atoms. The maximum Gasteiger partial charge on any atom is 0.422 e. The van der Waals surface area contributed by atoms with Gasteiger partial charge in [-0.05, 0) is 24.3 Å². The molecule has 0 aliphatic heterocycles. The highest BCUT2D eigenvalue weighted by atomic mass is 35.5. The zero-order chi connectivity index (χ0) is 14.6. The van der Waals surface area contributed by atoms with Crippen LogP contribution >= 0.6 is 22.9 Å². The van der Waals surface area contributed by atoms with E-state index in [2.05, 4.69) is 15.0 Å². The van der Waals surface area contributed by atoms with Gasteiger partial charge in [0.2, 0.25) is 0 Å². The number of nitrogens with one attached hydrogen (secondary N) is 1. The summed E-state index contributed by atoms with van der Waals surface area (Å²) in [5.41, 5.74) is 0.772. The zero-order valence-electron chi connectivity index (χ0n) is 10.1. The molecule has 2 aromatic rings. The number of ether oxygens (including phenoxy) is 1. The largest absolute Gasteiger partial charge is 0.484 e. The minimum atomic E-state index is -4.33. The lowest BCUT2D eigenvalue weighted by atomic mass is 10.3. The number of nitrogens with zero attached hydrogens (tertiary/aromatic N) is 1. The number of anilines is 1. The Kier molecular flexibility index (Phi) is 4.72. The Morgan fingerprint density at radius 3 is 2.50 bits per heavy atom. The van der Waals surface area contributed by atoms with Crippen molar-refractivity contribution in [1.29, 1.82) is 0 Å². The van der Waals surface area contributed by atoms with Gasteiger partial charge < -0.3 is 10.1 Å². The van der Waals surface area contributed by atoms with E-state index in [1.54, 1.807) is 18.3 Å². The molecule has 1 N–H and O–H groups in total. The Balaban J connectivity index is 1.85. The summed E-state index contributed by atoms with van der Waals surface area (Å²) >= 11 is 7.07. The summed E-state index contributed by atoms with van der Waals surface area (Å²) in [6, 6.07) is 6.25. The predicted octanol–water partition coefficient (Wildman–Crippen LogP) is 4.35. The molecular formula is C12H10ClF3N2OS. The van der Waals surface area contributed by atoms with Gasteiger partial charge in [0.25, 0.3) is 0 Å². The fourth-order valence-electron chi connectivity index (χ4n) is 1.39. The molecule has 1 aromatic heterocycles. The highest BCUT2D eigenvalue weighted by Crippen LogP contribution is 2.22. The smallest absolute Gasteiger partial charge is 0.422 e. The first-order valence-corrected chi connectivity index (χ1v) is 6.75. The molecule has 0 atom stereocenters. The van der Waals surface area contributed by atoms with Crippen molar-refractivity contribution in [3.63, 3.8) is 0 Å². The molecule has 0 amide bonds. The molecule has 108 valence electrons. The van der Waals surface area contributed by atoms with Gasteiger partial charge in [-0.15, -0.1) is 11.3 Å². The second-order valence-corrected chi connectivity index (χ2v) is 5.56. The van der Waals surface area contributed by atoms with Gasteiger partial charge in [0.05, 0.1) is 6.54 Å². The van der Waals surface area contributed by atoms with Crippen LogP contribution in [0.5, 0.6) is 5.75 Å². The van der Waals surface area contributed by atoms with Crippen LogP contribution in [-0.2, 0) is 6.54 Å². The molecule has 0 radical (unpaired) electrons. The van der Waals surface area contributed by atoms with Gasteiger partial charge in [0, 0.05) is 16.8 Å². The number of thiazole rings is 1. The van der Waals surface area contributed by atoms with E-state index in [4.69, 9.17) is 11.6 Å². The molecule has 2 rings (SSSR count). The molecule has 1 heterocycles. The molecule has 0 bridgehead atoms. The summed E-state index contributed by atoms with van der Waals surface area (Å²) < 4.78 is 41.0. The van der Waals surface area contributed by atoms with E-state index in [-0.39, 0.29) is 5.75 Å². The second-order valence-electron chi connectivity index (χ2n) is 3.86. The van der Waals surface area contributed by atoms with Crippen LogP contribution < -0.4 is 10.1 Å². The number of halogens is 4. The van der Waals surface area contributed by atoms with Crippen LogP contribution in [-0.4, -0.2) is 17.8 Å². The monoisotopic (exact) mass is 322 g/mol. The van der Waals surface area contributed by atoms with Crippen LogP contribution in [0.1, 0.15) is 4.88 Å². The van der Waals surface area contributed by atoms with Crippen molar-refractivity contribution in [2.24, 2.45) is 0 Å². The molecule has 0 aliphatic rings. The molecule has 1 aromatic carbocycles. The third kappa shape index (κ3) is 4.90. The first-order valence-electron chi connectivity index (χ1n) is 5.56. The Morgan fingerprint density at radius 1 is 1.25 bits per heavy atom. The lowest BCUT2D eigenvalue weighted by molar-refractivity contribution is -0.153. The van der Waals surface area contributed by atoms with Crippen LogP contribution in [0.3, 0.4) is 0 Å². The van der Waals surface area contributed by atoms with Crippen molar-refractivity contribution in [3.8, 4) is 5.75 Å². The standard InChI is InChI=1S/C12H10ClF3N2OS/c13-11-18-6-10(20-11)5-17-8-1-3-9(4-2-8)19-7-12(14,15)16/h1-4,6,17H,5,7H2. The van der Waals surface area contributed by atoms with Gasteiger partial charge in [-0.1, -0.05) is 11.6 Å². The van der Waals surface area contributed by atoms with Crippen molar-refractivity contribution in [2.75, 3.05) is 11.9 Å². The summed E-state index contributed by atoms with van der Waals surface area (Å²) in [6.07, 6.45) is -2.66. The number of alkyl halides is 3. The predicted molar refractivity (Wildman–Crippen MR) is 72.4 cm³/mol. The van der Waals surface area contributed by atoms with Crippen LogP contribution in [0.25, 0.3) is 0 Å². The molecule has 0 saturated heterocycles. The maximum absolute atomic E-state index is 12.0. The van der Waals surface area contributed by atoms with Crippen LogP contribution in [0.4, 0.5) is 18.9 Å². The van der Waals surface area contributed by atoms with Crippen LogP contribution in [0, 0.1) is 0 Å². The highest BCUT2D eigenvalue weighted by molar-refractivity contribution is 7.15. The van der Waals surface area contributed by atoms with E-state index in [1.165, 1.54) is 23.5 Å². The van der Waals surface area contributed by atoms with E-state index >= 15 is 0 Å². The minimum absolute atomic E-state index is 0.175. The topological polar surface area (TPSA) is 34.1 Å². The lowest BCUT2D eigenvalue weighted by Crippen LogP contribution is -2.19. The number of benzene rings is 1. The number of rotatable bonds is 5. The molecule has 0 fully saturated rings. The third-order valence-corrected chi connectivity index (χ3v) is 3.36. The van der Waals surface area contributed by atoms with Gasteiger partial charge in [0.15, 0.2) is 11.1 Å². The second kappa shape index (κ2) is 6.32. The Morgan fingerprint density at radius 2 is 1.95 bits per heavy atom. The van der Waals surface area contributed by atoms with E-state index in [9.17, 15) is 13.2 Å². The average molecular weight is 323 g/mol. The van der Waals surface area contributed by atoms with Gasteiger partial charge in [0.1, 0.15) is 5.75 Å². The number of aromatic nitrogens is 1. The van der Waals surface area contributed by atoms with Crippen LogP contribution in [0.2, 0.25) is 4.47 Å². The Labute approximate surface area is 122 Å². The molecule has 0 saturated carbocycles. The summed E-state index contributed by atoms with van der Waals surface area (Å²) in [5, 5.41) is 3.11. The van der Waals surface area contributed by atoms with E-state index < -0.39 is 12.8 Å². The van der Waals surface area contributed by atoms with E-state index in [0.717, 1.165) is 10.6 Å². The fourth-order valence-corrected chi connectivity index (χ4v) is 2.31. The first kappa shape index (κ1) is 14.9. The summed E-state index contributed by atoms with van der Waals surface area (Å²) in [5.74, 6) is 0.175. The fraction of sp³-hybridized carbons (Fsp3) is 0.250. The van der Waals surface area contributed by atoms with E-state index in [1.807, 2.05) is 0 Å². The van der Waals surface area contributed by atoms with Gasteiger partial charge in [-0.2, -0.15) is 13.2 Å². The van der Waals surface area contributed by atoms with Crippen molar-refractivity contribution in [1.82, 2.24) is 4.98 Å².